The standard InChI is InChI=1S/C28H27ClF3N5O4.C16H13ClF3N3.C11H16N2O3/c1-27(2)40-15-20(41-27)14-39-19-6-8-33-23(11-19)34-26(38)37-18-7-9-36(13-18)22-12-21(29)24(35-25(22)37)16-4-3-5-17(10-16)28(30,31)32;17-12-7-13-15(21-11-4-5-23(13)8-11)22-14(12)9-2-1-3-10(6-9)16(18,19)20;1-11(2)15-7-9(16-11)6-14-8-3-4-13-10(12)5-8/h3-6,8,10-12,18,20H,7,9,13-15H2,1-2H3,(H,33,34,38);1-3,6-7,11H,4-5,8H2,(H,21,22);3-5,9H,6-7H2,1-2H3,(H2,12,13)/t18-,20-;11-;9-/m000/s1. The van der Waals surface area contributed by atoms with Crippen LogP contribution < -0.4 is 40.5 Å². The number of carbonyl (C=O) groups is 1. The molecule has 10 heterocycles. The van der Waals surface area contributed by atoms with E-state index in [9.17, 15) is 31.1 Å². The smallest absolute Gasteiger partial charge is 0.416 e. The highest BCUT2D eigenvalue weighted by Gasteiger charge is 2.42. The molecular formula is C55H56Cl2F6N10O7. The Bertz CT molecular complexity index is 3250. The maximum atomic E-state index is 13.6. The first kappa shape index (κ1) is 56.4. The van der Waals surface area contributed by atoms with Gasteiger partial charge < -0.3 is 49.3 Å². The topological polar surface area (TPSA) is 184 Å². The number of nitrogens with zero attached hydrogens (tertiary/aromatic N) is 7. The number of pyridine rings is 4. The Balaban J connectivity index is 0.000000154. The lowest BCUT2D eigenvalue weighted by Gasteiger charge is -2.36. The van der Waals surface area contributed by atoms with Crippen LogP contribution in [0.5, 0.6) is 11.5 Å². The minimum atomic E-state index is -4.52. The van der Waals surface area contributed by atoms with Gasteiger partial charge in [0.1, 0.15) is 48.6 Å². The Morgan fingerprint density at radius 2 is 1.27 bits per heavy atom. The van der Waals surface area contributed by atoms with Crippen LogP contribution in [0.3, 0.4) is 0 Å². The van der Waals surface area contributed by atoms with Crippen molar-refractivity contribution in [2.24, 2.45) is 0 Å². The van der Waals surface area contributed by atoms with Gasteiger partial charge in [-0.15, -0.1) is 0 Å². The van der Waals surface area contributed by atoms with Crippen molar-refractivity contribution in [1.29, 1.82) is 0 Å². The lowest BCUT2D eigenvalue weighted by atomic mass is 10.1. The van der Waals surface area contributed by atoms with Gasteiger partial charge in [-0.05, 0) is 89.1 Å². The van der Waals surface area contributed by atoms with Crippen molar-refractivity contribution >= 4 is 63.9 Å². The predicted molar refractivity (Wildman–Crippen MR) is 289 cm³/mol. The number of halogens is 8. The molecule has 424 valence electrons. The molecule has 4 aromatic heterocycles. The molecule has 4 bridgehead atoms. The van der Waals surface area contributed by atoms with Gasteiger partial charge in [-0.3, -0.25) is 10.2 Å². The monoisotopic (exact) mass is 1150 g/mol. The van der Waals surface area contributed by atoms with Crippen LogP contribution in [0.25, 0.3) is 22.5 Å². The summed E-state index contributed by atoms with van der Waals surface area (Å²) >= 11 is 12.8. The number of nitrogens with one attached hydrogen (secondary N) is 2. The Morgan fingerprint density at radius 1 is 0.725 bits per heavy atom. The average molecular weight is 1150 g/mol. The third-order valence-electron chi connectivity index (χ3n) is 13.7. The van der Waals surface area contributed by atoms with Crippen LogP contribution in [0.15, 0.2) is 97.3 Å². The van der Waals surface area contributed by atoms with E-state index in [2.05, 4.69) is 40.4 Å². The molecule has 2 amide bonds. The average Bonchev–Trinajstić information content (AvgIpc) is 4.25. The molecule has 6 aliphatic heterocycles. The molecule has 0 aliphatic carbocycles. The Labute approximate surface area is 466 Å². The number of ether oxygens (including phenoxy) is 6. The molecule has 4 N–H and O–H groups in total. The molecule has 6 aromatic rings. The third-order valence-corrected chi connectivity index (χ3v) is 14.3. The molecule has 17 nitrogen and oxygen atoms in total. The van der Waals surface area contributed by atoms with Gasteiger partial charge in [-0.1, -0.05) is 47.5 Å². The second-order valence-corrected chi connectivity index (χ2v) is 21.4. The third kappa shape index (κ3) is 13.1. The van der Waals surface area contributed by atoms with E-state index >= 15 is 0 Å². The highest BCUT2D eigenvalue weighted by Crippen LogP contribution is 2.45. The number of rotatable bonds is 9. The van der Waals surface area contributed by atoms with Gasteiger partial charge >= 0.3 is 18.4 Å². The number of benzene rings is 2. The van der Waals surface area contributed by atoms with Gasteiger partial charge in [0, 0.05) is 67.9 Å². The van der Waals surface area contributed by atoms with Gasteiger partial charge in [-0.2, -0.15) is 26.3 Å². The largest absolute Gasteiger partial charge is 0.491 e. The Morgan fingerprint density at radius 3 is 1.85 bits per heavy atom. The van der Waals surface area contributed by atoms with Crippen LogP contribution >= 0.6 is 23.2 Å². The van der Waals surface area contributed by atoms with Gasteiger partial charge in [0.15, 0.2) is 23.2 Å². The molecule has 0 unspecified atom stereocenters. The minimum Gasteiger partial charge on any atom is -0.491 e. The number of nitrogen functional groups attached to an aromatic ring is 1. The number of aromatic nitrogens is 4. The summed E-state index contributed by atoms with van der Waals surface area (Å²) in [5.74, 6) is 1.74. The summed E-state index contributed by atoms with van der Waals surface area (Å²) in [5, 5.41) is 6.71. The van der Waals surface area contributed by atoms with Crippen molar-refractivity contribution < 1.29 is 59.6 Å². The molecule has 6 aliphatic rings. The maximum Gasteiger partial charge on any atom is 0.416 e. The molecule has 2 aromatic carbocycles. The number of fused-ring (bicyclic) bond motifs is 8. The minimum absolute atomic E-state index is 0.0376. The molecule has 12 rings (SSSR count). The van der Waals surface area contributed by atoms with Crippen molar-refractivity contribution in [2.75, 3.05) is 83.7 Å². The fraction of sp³-hybridized carbons (Fsp3) is 0.400. The van der Waals surface area contributed by atoms with E-state index in [1.807, 2.05) is 27.7 Å². The number of alkyl halides is 6. The zero-order valence-corrected chi connectivity index (χ0v) is 45.2. The van der Waals surface area contributed by atoms with E-state index in [0.717, 1.165) is 49.5 Å². The fourth-order valence-corrected chi connectivity index (χ4v) is 10.5. The van der Waals surface area contributed by atoms with Crippen molar-refractivity contribution in [3.8, 4) is 34.0 Å². The number of urea groups is 1. The van der Waals surface area contributed by atoms with Crippen molar-refractivity contribution in [2.45, 2.75) is 88.8 Å². The molecule has 0 saturated carbocycles. The van der Waals surface area contributed by atoms with E-state index < -0.39 is 41.1 Å². The Kier molecular flexibility index (Phi) is 15.9. The first-order valence-electron chi connectivity index (χ1n) is 25.6. The summed E-state index contributed by atoms with van der Waals surface area (Å²) in [6, 6.07) is 19.7. The van der Waals surface area contributed by atoms with E-state index in [1.54, 1.807) is 48.7 Å². The van der Waals surface area contributed by atoms with Gasteiger partial charge in [-0.25, -0.2) is 24.7 Å². The molecule has 4 saturated heterocycles. The molecular weight excluding hydrogens is 1100 g/mol. The number of hydrogen-bond donors (Lipinski definition) is 3. The van der Waals surface area contributed by atoms with Crippen molar-refractivity contribution in [3.05, 3.63) is 118 Å². The van der Waals surface area contributed by atoms with Gasteiger partial charge in [0.2, 0.25) is 0 Å². The second kappa shape index (κ2) is 22.6. The number of anilines is 6. The van der Waals surface area contributed by atoms with Gasteiger partial charge in [0.25, 0.3) is 0 Å². The summed E-state index contributed by atoms with van der Waals surface area (Å²) in [4.78, 5) is 36.7. The van der Waals surface area contributed by atoms with Crippen LogP contribution in [-0.4, -0.2) is 114 Å². The van der Waals surface area contributed by atoms with E-state index in [-0.39, 0.29) is 47.0 Å². The molecule has 80 heavy (non-hydrogen) atoms. The SMILES string of the molecule is CC1(C)OC[C@H](COc2ccnc(N)c2)O1.CC1(C)OC[C@H](COc2ccnc(NC(=O)N3c4nc(-c5cccc(C(F)(F)F)c5)c(Cl)cc4N4CC[C@H]3C4)c2)O1.FC(F)(F)c1cccc(-c2nc3c(cc2Cl)N2CC[C@@H](C2)N3)c1. The van der Waals surface area contributed by atoms with Gasteiger partial charge in [0.05, 0.1) is 63.2 Å². The quantitative estimate of drug-likeness (QED) is 0.116. The summed E-state index contributed by atoms with van der Waals surface area (Å²) < 4.78 is 113. The number of amides is 2. The highest BCUT2D eigenvalue weighted by atomic mass is 35.5. The molecule has 0 spiro atoms. The van der Waals surface area contributed by atoms with Crippen LogP contribution in [0, 0.1) is 0 Å². The zero-order chi connectivity index (χ0) is 56.7. The maximum absolute atomic E-state index is 13.6. The first-order chi connectivity index (χ1) is 37.9. The van der Waals surface area contributed by atoms with Crippen molar-refractivity contribution in [1.82, 2.24) is 19.9 Å². The van der Waals surface area contributed by atoms with E-state index in [4.69, 9.17) is 57.4 Å². The summed E-state index contributed by atoms with van der Waals surface area (Å²) in [7, 11) is 0. The Hall–Kier alpha value is -6.89. The molecule has 25 heteroatoms. The van der Waals surface area contributed by atoms with Crippen LogP contribution in [-0.2, 0) is 31.3 Å². The highest BCUT2D eigenvalue weighted by molar-refractivity contribution is 6.34. The number of carbonyl (C=O) groups excluding carboxylic acids is 1. The normalized spacial score (nSPS) is 21.1. The van der Waals surface area contributed by atoms with Crippen LogP contribution in [0.4, 0.5) is 65.8 Å². The second-order valence-electron chi connectivity index (χ2n) is 20.6. The van der Waals surface area contributed by atoms with E-state index in [1.165, 1.54) is 29.3 Å². The first-order valence-corrected chi connectivity index (χ1v) is 26.4. The number of hydrogen-bond acceptors (Lipinski definition) is 15. The molecule has 0 radical (unpaired) electrons. The van der Waals surface area contributed by atoms with E-state index in [0.29, 0.717) is 96.3 Å². The summed E-state index contributed by atoms with van der Waals surface area (Å²) in [6.07, 6.45) is -4.33. The van der Waals surface area contributed by atoms with Crippen LogP contribution in [0.2, 0.25) is 10.0 Å². The lowest BCUT2D eigenvalue weighted by Crippen LogP contribution is -2.48. The van der Waals surface area contributed by atoms with Crippen LogP contribution in [0.1, 0.15) is 51.7 Å². The molecule has 4 atom stereocenters. The summed E-state index contributed by atoms with van der Waals surface area (Å²) in [5.41, 5.74) is 6.67. The molecule has 4 fully saturated rings. The van der Waals surface area contributed by atoms with Crippen molar-refractivity contribution in [3.63, 3.8) is 0 Å². The summed E-state index contributed by atoms with van der Waals surface area (Å²) in [6.45, 7) is 12.2. The lowest BCUT2D eigenvalue weighted by molar-refractivity contribution is -0.141. The fourth-order valence-electron chi connectivity index (χ4n) is 10.0. The zero-order valence-electron chi connectivity index (χ0n) is 43.7. The predicted octanol–water partition coefficient (Wildman–Crippen LogP) is 11.6. The number of nitrogens with two attached hydrogens (primary N) is 1.